The minimum atomic E-state index is -4.55. The van der Waals surface area contributed by atoms with Gasteiger partial charge in [0, 0.05) is 12.5 Å². The third-order valence-electron chi connectivity index (χ3n) is 1.69. The molecule has 0 radical (unpaired) electrons. The smallest absolute Gasteiger partial charge is 0.413 e. The number of carbonyl (C=O) groups excluding carboxylic acids is 1. The van der Waals surface area contributed by atoms with Gasteiger partial charge in [0.25, 0.3) is 0 Å². The minimum Gasteiger partial charge on any atom is -0.463 e. The highest BCUT2D eigenvalue weighted by Crippen LogP contribution is 2.27. The summed E-state index contributed by atoms with van der Waals surface area (Å²) in [6.07, 6.45) is -4.56. The molecule has 6 heteroatoms. The summed E-state index contributed by atoms with van der Waals surface area (Å²) in [4.78, 5) is 11.0. The monoisotopic (exact) mass is 278 g/mol. The van der Waals surface area contributed by atoms with Gasteiger partial charge in [-0.25, -0.2) is 4.79 Å². The molecule has 0 aromatic rings. The van der Waals surface area contributed by atoms with Crippen molar-refractivity contribution in [1.29, 1.82) is 0 Å². The van der Waals surface area contributed by atoms with Crippen molar-refractivity contribution in [3.8, 4) is 11.5 Å². The molecule has 0 saturated heterocycles. The molecule has 0 rings (SSSR count). The lowest BCUT2D eigenvalue weighted by atomic mass is 10.2. The van der Waals surface area contributed by atoms with Gasteiger partial charge in [-0.05, 0) is 6.92 Å². The fraction of sp³-hybridized carbons (Fsp3) is 0.583. The van der Waals surface area contributed by atoms with Crippen molar-refractivity contribution in [2.24, 2.45) is 0 Å². The van der Waals surface area contributed by atoms with E-state index in [0.717, 1.165) is 0 Å². The van der Waals surface area contributed by atoms with Crippen LogP contribution in [-0.2, 0) is 9.53 Å². The first-order valence-corrected chi connectivity index (χ1v) is 9.01. The summed E-state index contributed by atoms with van der Waals surface area (Å²) < 4.78 is 42.3. The third-order valence-corrected chi connectivity index (χ3v) is 2.61. The quantitative estimate of drug-likeness (QED) is 0.343. The van der Waals surface area contributed by atoms with Gasteiger partial charge >= 0.3 is 12.1 Å². The standard InChI is InChI=1S/C12H17F3O2Si/c1-5-17-11(16)9-10(12(13,14)15)7-6-8-18(2,3)4/h9H,5,7H2,1-4H3/b10-9+. The van der Waals surface area contributed by atoms with E-state index in [2.05, 4.69) is 16.2 Å². The lowest BCUT2D eigenvalue weighted by Gasteiger charge is -2.09. The second kappa shape index (κ2) is 6.64. The van der Waals surface area contributed by atoms with Gasteiger partial charge in [0.1, 0.15) is 8.07 Å². The van der Waals surface area contributed by atoms with E-state index in [-0.39, 0.29) is 6.61 Å². The zero-order valence-electron chi connectivity index (χ0n) is 10.9. The molecule has 0 bridgehead atoms. The van der Waals surface area contributed by atoms with E-state index in [1.54, 1.807) is 0 Å². The molecule has 0 unspecified atom stereocenters. The highest BCUT2D eigenvalue weighted by Gasteiger charge is 2.33. The Balaban J connectivity index is 4.92. The van der Waals surface area contributed by atoms with Gasteiger partial charge < -0.3 is 4.74 Å². The van der Waals surface area contributed by atoms with Gasteiger partial charge in [-0.15, -0.1) is 11.5 Å². The van der Waals surface area contributed by atoms with Crippen molar-refractivity contribution in [3.05, 3.63) is 11.6 Å². The van der Waals surface area contributed by atoms with Crippen molar-refractivity contribution in [3.63, 3.8) is 0 Å². The maximum Gasteiger partial charge on any atom is 0.413 e. The van der Waals surface area contributed by atoms with Crippen LogP contribution in [0.2, 0.25) is 19.6 Å². The van der Waals surface area contributed by atoms with Crippen molar-refractivity contribution < 1.29 is 22.7 Å². The number of hydrogen-bond acceptors (Lipinski definition) is 2. The van der Waals surface area contributed by atoms with E-state index < -0.39 is 32.2 Å². The summed E-state index contributed by atoms with van der Waals surface area (Å²) in [7, 11) is -1.71. The summed E-state index contributed by atoms with van der Waals surface area (Å²) >= 11 is 0. The maximum atomic E-state index is 12.6. The molecule has 2 nitrogen and oxygen atoms in total. The van der Waals surface area contributed by atoms with Crippen LogP contribution in [0.25, 0.3) is 0 Å². The highest BCUT2D eigenvalue weighted by molar-refractivity contribution is 6.83. The van der Waals surface area contributed by atoms with Crippen LogP contribution in [0.5, 0.6) is 0 Å². The van der Waals surface area contributed by atoms with E-state index in [9.17, 15) is 18.0 Å². The molecule has 0 N–H and O–H groups in total. The molecule has 0 saturated carbocycles. The Kier molecular flexibility index (Phi) is 6.19. The van der Waals surface area contributed by atoms with Crippen LogP contribution in [0.3, 0.4) is 0 Å². The summed E-state index contributed by atoms with van der Waals surface area (Å²) in [5.74, 6) is 1.51. The zero-order chi connectivity index (χ0) is 14.4. The molecular formula is C12H17F3O2Si. The molecule has 0 amide bonds. The van der Waals surface area contributed by atoms with Gasteiger partial charge in [0.2, 0.25) is 0 Å². The van der Waals surface area contributed by atoms with Crippen LogP contribution < -0.4 is 0 Å². The zero-order valence-corrected chi connectivity index (χ0v) is 11.9. The molecule has 18 heavy (non-hydrogen) atoms. The summed E-state index contributed by atoms with van der Waals surface area (Å²) in [6.45, 7) is 7.37. The molecule has 0 fully saturated rings. The lowest BCUT2D eigenvalue weighted by molar-refractivity contribution is -0.138. The minimum absolute atomic E-state index is 0.0427. The first-order chi connectivity index (χ1) is 8.06. The normalized spacial score (nSPS) is 12.7. The molecule has 0 aromatic heterocycles. The number of halogens is 3. The van der Waals surface area contributed by atoms with Gasteiger partial charge in [-0.1, -0.05) is 19.6 Å². The van der Waals surface area contributed by atoms with Gasteiger partial charge in [-0.3, -0.25) is 0 Å². The van der Waals surface area contributed by atoms with Crippen LogP contribution in [0, 0.1) is 11.5 Å². The first-order valence-electron chi connectivity index (χ1n) is 5.51. The number of carbonyl (C=O) groups is 1. The molecule has 0 aromatic carbocycles. The Morgan fingerprint density at radius 2 is 1.89 bits per heavy atom. The van der Waals surface area contributed by atoms with Crippen molar-refractivity contribution >= 4 is 14.0 Å². The average Bonchev–Trinajstić information content (AvgIpc) is 2.13. The van der Waals surface area contributed by atoms with E-state index in [0.29, 0.717) is 6.08 Å². The largest absolute Gasteiger partial charge is 0.463 e. The Morgan fingerprint density at radius 1 is 1.33 bits per heavy atom. The number of alkyl halides is 3. The molecule has 102 valence electrons. The number of ether oxygens (including phenoxy) is 1. The summed E-state index contributed by atoms with van der Waals surface area (Å²) in [5, 5.41) is 0. The second-order valence-corrected chi connectivity index (χ2v) is 9.40. The lowest BCUT2D eigenvalue weighted by Crippen LogP contribution is -2.17. The van der Waals surface area contributed by atoms with Crippen LogP contribution in [0.4, 0.5) is 13.2 Å². The Labute approximate surface area is 106 Å². The predicted molar refractivity (Wildman–Crippen MR) is 66.5 cm³/mol. The molecule has 0 aliphatic carbocycles. The van der Waals surface area contributed by atoms with Crippen molar-refractivity contribution in [2.75, 3.05) is 6.61 Å². The van der Waals surface area contributed by atoms with E-state index in [1.807, 2.05) is 19.6 Å². The molecular weight excluding hydrogens is 261 g/mol. The average molecular weight is 278 g/mol. The fourth-order valence-electron chi connectivity index (χ4n) is 0.964. The van der Waals surface area contributed by atoms with E-state index in [4.69, 9.17) is 0 Å². The highest BCUT2D eigenvalue weighted by atomic mass is 28.3. The number of allylic oxidation sites excluding steroid dienone is 1. The van der Waals surface area contributed by atoms with Crippen LogP contribution in [-0.4, -0.2) is 26.8 Å². The maximum absolute atomic E-state index is 12.6. The molecule has 0 aliphatic rings. The van der Waals surface area contributed by atoms with Gasteiger partial charge in [-0.2, -0.15) is 13.2 Å². The molecule has 0 aliphatic heterocycles. The summed E-state index contributed by atoms with van der Waals surface area (Å²) in [6, 6.07) is 0. The van der Waals surface area contributed by atoms with E-state index >= 15 is 0 Å². The van der Waals surface area contributed by atoms with Crippen LogP contribution >= 0.6 is 0 Å². The summed E-state index contributed by atoms with van der Waals surface area (Å²) in [5.41, 5.74) is 1.86. The molecule has 0 atom stereocenters. The van der Waals surface area contributed by atoms with Crippen LogP contribution in [0.15, 0.2) is 11.6 Å². The Hall–Kier alpha value is -1.22. The van der Waals surface area contributed by atoms with Crippen molar-refractivity contribution in [1.82, 2.24) is 0 Å². The predicted octanol–water partition coefficient (Wildman–Crippen LogP) is 3.31. The molecule has 0 heterocycles. The fourth-order valence-corrected chi connectivity index (χ4v) is 1.58. The number of esters is 1. The van der Waals surface area contributed by atoms with Gasteiger partial charge in [0.05, 0.1) is 12.2 Å². The Bertz CT molecular complexity index is 381. The van der Waals surface area contributed by atoms with Crippen molar-refractivity contribution in [2.45, 2.75) is 39.2 Å². The first kappa shape index (κ1) is 16.8. The molecule has 0 spiro atoms. The topological polar surface area (TPSA) is 26.3 Å². The van der Waals surface area contributed by atoms with Crippen LogP contribution in [0.1, 0.15) is 13.3 Å². The number of hydrogen-bond donors (Lipinski definition) is 0. The third kappa shape index (κ3) is 7.95. The number of rotatable bonds is 3. The van der Waals surface area contributed by atoms with E-state index in [1.165, 1.54) is 6.92 Å². The van der Waals surface area contributed by atoms with Gasteiger partial charge in [0.15, 0.2) is 0 Å². The second-order valence-electron chi connectivity index (χ2n) is 4.65. The Morgan fingerprint density at radius 3 is 2.28 bits per heavy atom. The SMILES string of the molecule is CCOC(=O)/C=C(\CC#C[Si](C)(C)C)C(F)(F)F.